The van der Waals surface area contributed by atoms with Crippen molar-refractivity contribution < 1.29 is 18.7 Å². The van der Waals surface area contributed by atoms with Crippen LogP contribution in [0.25, 0.3) is 16.4 Å². The van der Waals surface area contributed by atoms with Gasteiger partial charge in [-0.15, -0.1) is 16.4 Å². The molecule has 0 aliphatic heterocycles. The Bertz CT molecular complexity index is 1330. The Labute approximate surface area is 191 Å². The number of nitriles is 1. The molecule has 4 rings (SSSR count). The number of hydrogen-bond donors (Lipinski definition) is 0. The van der Waals surface area contributed by atoms with Gasteiger partial charge in [-0.1, -0.05) is 23.7 Å². The van der Waals surface area contributed by atoms with E-state index in [1.54, 1.807) is 13.0 Å². The summed E-state index contributed by atoms with van der Waals surface area (Å²) in [5.74, 6) is -1.13. The van der Waals surface area contributed by atoms with E-state index in [0.29, 0.717) is 11.5 Å². The second-order valence-corrected chi connectivity index (χ2v) is 7.70. The summed E-state index contributed by atoms with van der Waals surface area (Å²) in [6.45, 7) is 2.01. The maximum absolute atomic E-state index is 13.8. The van der Waals surface area contributed by atoms with Crippen LogP contribution in [0.1, 0.15) is 23.1 Å². The van der Waals surface area contributed by atoms with E-state index in [1.807, 2.05) is 23.6 Å². The molecule has 0 radical (unpaired) electrons. The number of carbonyl (C=O) groups is 1. The van der Waals surface area contributed by atoms with Gasteiger partial charge in [-0.25, -0.2) is 13.9 Å². The molecule has 0 aliphatic rings. The monoisotopic (exact) mass is 468 g/mol. The Morgan fingerprint density at radius 1 is 1.28 bits per heavy atom. The summed E-state index contributed by atoms with van der Waals surface area (Å²) in [6.07, 6.45) is 0. The van der Waals surface area contributed by atoms with E-state index in [9.17, 15) is 9.18 Å². The Kier molecular flexibility index (Phi) is 6.16. The van der Waals surface area contributed by atoms with Crippen LogP contribution >= 0.6 is 22.9 Å². The number of aromatic nitrogens is 3. The van der Waals surface area contributed by atoms with Crippen LogP contribution in [0.15, 0.2) is 53.9 Å². The van der Waals surface area contributed by atoms with Gasteiger partial charge in [0.1, 0.15) is 5.82 Å². The first-order chi connectivity index (χ1) is 15.5. The van der Waals surface area contributed by atoms with Gasteiger partial charge in [0.2, 0.25) is 0 Å². The second kappa shape index (κ2) is 9.18. The van der Waals surface area contributed by atoms with Gasteiger partial charge in [0.15, 0.2) is 17.3 Å². The molecule has 0 atom stereocenters. The Hall–Kier alpha value is -3.74. The van der Waals surface area contributed by atoms with Crippen LogP contribution in [0.4, 0.5) is 4.39 Å². The molecule has 0 unspecified atom stereocenters. The largest absolute Gasteiger partial charge is 0.490 e. The van der Waals surface area contributed by atoms with Crippen LogP contribution in [-0.4, -0.2) is 27.3 Å². The van der Waals surface area contributed by atoms with E-state index in [4.69, 9.17) is 26.3 Å². The number of thiophene rings is 1. The highest BCUT2D eigenvalue weighted by molar-refractivity contribution is 7.13. The number of esters is 1. The molecule has 7 nitrogen and oxygen atoms in total. The normalized spacial score (nSPS) is 10.6. The minimum Gasteiger partial charge on any atom is -0.490 e. The third-order valence-electron chi connectivity index (χ3n) is 4.22. The molecule has 0 saturated carbocycles. The van der Waals surface area contributed by atoms with E-state index in [1.165, 1.54) is 46.4 Å². The topological polar surface area (TPSA) is 90.0 Å². The van der Waals surface area contributed by atoms with Gasteiger partial charge < -0.3 is 9.47 Å². The summed E-state index contributed by atoms with van der Waals surface area (Å²) >= 11 is 7.61. The highest BCUT2D eigenvalue weighted by atomic mass is 35.5. The van der Waals surface area contributed by atoms with Gasteiger partial charge >= 0.3 is 5.97 Å². The van der Waals surface area contributed by atoms with Crippen molar-refractivity contribution in [1.82, 2.24) is 14.8 Å². The van der Waals surface area contributed by atoms with Crippen LogP contribution in [0, 0.1) is 17.1 Å². The van der Waals surface area contributed by atoms with Crippen LogP contribution < -0.4 is 9.47 Å². The van der Waals surface area contributed by atoms with Gasteiger partial charge in [0.05, 0.1) is 33.8 Å². The van der Waals surface area contributed by atoms with E-state index < -0.39 is 11.8 Å². The molecule has 160 valence electrons. The fraction of sp³-hybridized carbons (Fsp3) is 0.0909. The molecule has 0 fully saturated rings. The molecule has 4 aromatic rings. The van der Waals surface area contributed by atoms with Crippen LogP contribution in [0.5, 0.6) is 11.5 Å². The zero-order valence-corrected chi connectivity index (χ0v) is 18.2. The fourth-order valence-electron chi connectivity index (χ4n) is 2.88. The summed E-state index contributed by atoms with van der Waals surface area (Å²) in [5, 5.41) is 15.3. The number of halogens is 2. The molecular weight excluding hydrogens is 455 g/mol. The lowest BCUT2D eigenvalue weighted by Crippen LogP contribution is -2.13. The Morgan fingerprint density at radius 2 is 2.12 bits per heavy atom. The number of ether oxygens (including phenoxy) is 2. The molecule has 0 bridgehead atoms. The van der Waals surface area contributed by atoms with Crippen molar-refractivity contribution in [2.75, 3.05) is 6.61 Å². The maximum atomic E-state index is 13.8. The van der Waals surface area contributed by atoms with E-state index in [2.05, 4.69) is 10.1 Å². The molecule has 0 N–H and O–H groups in total. The second-order valence-electron chi connectivity index (χ2n) is 6.35. The first-order valence-corrected chi connectivity index (χ1v) is 10.6. The summed E-state index contributed by atoms with van der Waals surface area (Å²) < 4.78 is 26.1. The zero-order chi connectivity index (χ0) is 22.7. The molecule has 2 heterocycles. The predicted molar refractivity (Wildman–Crippen MR) is 117 cm³/mol. The lowest BCUT2D eigenvalue weighted by molar-refractivity contribution is 0.0716. The van der Waals surface area contributed by atoms with Crippen molar-refractivity contribution >= 4 is 28.9 Å². The first-order valence-electron chi connectivity index (χ1n) is 9.35. The highest BCUT2D eigenvalue weighted by Gasteiger charge is 2.24. The van der Waals surface area contributed by atoms with E-state index >= 15 is 0 Å². The summed E-state index contributed by atoms with van der Waals surface area (Å²) in [4.78, 5) is 18.0. The maximum Gasteiger partial charge on any atom is 0.383 e. The van der Waals surface area contributed by atoms with Crippen molar-refractivity contribution in [2.24, 2.45) is 0 Å². The summed E-state index contributed by atoms with van der Waals surface area (Å²) in [6, 6.07) is 14.2. The molecule has 0 aliphatic carbocycles. The quantitative estimate of drug-likeness (QED) is 0.282. The van der Waals surface area contributed by atoms with Crippen molar-refractivity contribution in [3.8, 4) is 34.0 Å². The standard InChI is InChI=1S/C22H14ClFN4O3S/c1-2-30-17-10-13(12-25)9-16(23)19(17)31-22(29)20-26-21(18-7-4-8-32-18)28(27-20)15-6-3-5-14(24)11-15/h3-11H,2H2,1H3. The van der Waals surface area contributed by atoms with E-state index in [0.717, 1.165) is 4.88 Å². The zero-order valence-electron chi connectivity index (χ0n) is 16.6. The molecule has 0 amide bonds. The average Bonchev–Trinajstić information content (AvgIpc) is 3.46. The predicted octanol–water partition coefficient (Wildman–Crippen LogP) is 5.28. The summed E-state index contributed by atoms with van der Waals surface area (Å²) in [7, 11) is 0. The molecular formula is C22H14ClFN4O3S. The van der Waals surface area contributed by atoms with Gasteiger partial charge in [-0.2, -0.15) is 10.2 Å². The van der Waals surface area contributed by atoms with Gasteiger partial charge in [0.25, 0.3) is 5.82 Å². The lowest BCUT2D eigenvalue weighted by Gasteiger charge is -2.11. The molecule has 0 saturated heterocycles. The van der Waals surface area contributed by atoms with Crippen molar-refractivity contribution in [1.29, 1.82) is 5.26 Å². The van der Waals surface area contributed by atoms with Gasteiger partial charge in [-0.3, -0.25) is 0 Å². The van der Waals surface area contributed by atoms with Crippen molar-refractivity contribution in [3.63, 3.8) is 0 Å². The first kappa shape index (κ1) is 21.5. The van der Waals surface area contributed by atoms with Gasteiger partial charge in [0, 0.05) is 6.07 Å². The van der Waals surface area contributed by atoms with Crippen LogP contribution in [0.2, 0.25) is 5.02 Å². The molecule has 10 heteroatoms. The fourth-order valence-corrected chi connectivity index (χ4v) is 3.83. The number of rotatable bonds is 6. The number of benzene rings is 2. The van der Waals surface area contributed by atoms with Gasteiger partial charge in [-0.05, 0) is 42.6 Å². The van der Waals surface area contributed by atoms with Crippen LogP contribution in [-0.2, 0) is 0 Å². The molecule has 2 aromatic heterocycles. The third kappa shape index (κ3) is 4.32. The van der Waals surface area contributed by atoms with Crippen LogP contribution in [0.3, 0.4) is 0 Å². The SMILES string of the molecule is CCOc1cc(C#N)cc(Cl)c1OC(=O)c1nc(-c2cccs2)n(-c2cccc(F)c2)n1. The molecule has 2 aromatic carbocycles. The molecule has 32 heavy (non-hydrogen) atoms. The third-order valence-corrected chi connectivity index (χ3v) is 5.36. The molecule has 0 spiro atoms. The van der Waals surface area contributed by atoms with Crippen molar-refractivity contribution in [2.45, 2.75) is 6.92 Å². The summed E-state index contributed by atoms with van der Waals surface area (Å²) in [5.41, 5.74) is 0.651. The van der Waals surface area contributed by atoms with E-state index in [-0.39, 0.29) is 34.5 Å². The van der Waals surface area contributed by atoms with Crippen molar-refractivity contribution in [3.05, 3.63) is 76.1 Å². The number of hydrogen-bond acceptors (Lipinski definition) is 7. The minimum absolute atomic E-state index is 0.0314. The average molecular weight is 469 g/mol. The smallest absolute Gasteiger partial charge is 0.383 e. The Balaban J connectivity index is 1.74. The number of carbonyl (C=O) groups excluding carboxylic acids is 1. The highest BCUT2D eigenvalue weighted by Crippen LogP contribution is 2.37. The minimum atomic E-state index is -0.884. The number of nitrogens with zero attached hydrogens (tertiary/aromatic N) is 4. The lowest BCUT2D eigenvalue weighted by atomic mass is 10.2. The Morgan fingerprint density at radius 3 is 2.81 bits per heavy atom.